The van der Waals surface area contributed by atoms with E-state index >= 15 is 0 Å². The van der Waals surface area contributed by atoms with Crippen LogP contribution in [0, 0.1) is 0 Å². The molecule has 5 nitrogen and oxygen atoms in total. The fourth-order valence-corrected chi connectivity index (χ4v) is 3.11. The number of halogens is 2. The van der Waals surface area contributed by atoms with Crippen molar-refractivity contribution in [2.24, 2.45) is 0 Å². The third-order valence-electron chi connectivity index (χ3n) is 4.08. The van der Waals surface area contributed by atoms with Crippen LogP contribution in [0.2, 0.25) is 10.0 Å². The van der Waals surface area contributed by atoms with Gasteiger partial charge in [-0.3, -0.25) is 14.5 Å². The Kier molecular flexibility index (Phi) is 8.10. The van der Waals surface area contributed by atoms with Gasteiger partial charge in [0, 0.05) is 5.69 Å². The molecular formula is C20H23Cl2N3O2. The summed E-state index contributed by atoms with van der Waals surface area (Å²) >= 11 is 12.1. The summed E-state index contributed by atoms with van der Waals surface area (Å²) in [5.41, 5.74) is 2.25. The Morgan fingerprint density at radius 1 is 0.889 bits per heavy atom. The maximum absolute atomic E-state index is 12.4. The average molecular weight is 408 g/mol. The second-order valence-electron chi connectivity index (χ2n) is 6.01. The fourth-order valence-electron chi connectivity index (χ4n) is 2.62. The van der Waals surface area contributed by atoms with E-state index in [1.165, 1.54) is 0 Å². The molecule has 2 amide bonds. The van der Waals surface area contributed by atoms with Gasteiger partial charge in [0.05, 0.1) is 28.8 Å². The van der Waals surface area contributed by atoms with Gasteiger partial charge < -0.3 is 10.6 Å². The Labute approximate surface area is 169 Å². The highest BCUT2D eigenvalue weighted by Gasteiger charge is 2.16. The first kappa shape index (κ1) is 21.2. The van der Waals surface area contributed by atoms with Crippen LogP contribution >= 0.6 is 23.2 Å². The van der Waals surface area contributed by atoms with E-state index in [1.807, 2.05) is 38.1 Å². The molecule has 2 N–H and O–H groups in total. The smallest absolute Gasteiger partial charge is 0.238 e. The molecule has 0 atom stereocenters. The SMILES string of the molecule is CCc1ccccc1NC(=O)CN(CC)CC(=O)Nc1c(Cl)cccc1Cl. The van der Waals surface area contributed by atoms with Crippen molar-refractivity contribution in [3.05, 3.63) is 58.1 Å². The van der Waals surface area contributed by atoms with Crippen LogP contribution in [0.4, 0.5) is 11.4 Å². The van der Waals surface area contributed by atoms with Gasteiger partial charge in [-0.15, -0.1) is 0 Å². The standard InChI is InChI=1S/C20H23Cl2N3O2/c1-3-14-8-5-6-11-17(14)23-18(26)12-25(4-2)13-19(27)24-20-15(21)9-7-10-16(20)22/h5-11H,3-4,12-13H2,1-2H3,(H,23,26)(H,24,27). The summed E-state index contributed by atoms with van der Waals surface area (Å²) in [6.45, 7) is 4.64. The number of carbonyl (C=O) groups is 2. The number of carbonyl (C=O) groups excluding carboxylic acids is 2. The summed E-state index contributed by atoms with van der Waals surface area (Å²) in [4.78, 5) is 26.4. The quantitative estimate of drug-likeness (QED) is 0.678. The zero-order valence-corrected chi connectivity index (χ0v) is 16.9. The number of anilines is 2. The van der Waals surface area contributed by atoms with Crippen LogP contribution in [0.3, 0.4) is 0 Å². The average Bonchev–Trinajstić information content (AvgIpc) is 2.64. The number of likely N-dealkylation sites (N-methyl/N-ethyl adjacent to an activating group) is 1. The van der Waals surface area contributed by atoms with Crippen molar-refractivity contribution in [1.82, 2.24) is 4.90 Å². The number of nitrogens with zero attached hydrogens (tertiary/aromatic N) is 1. The van der Waals surface area contributed by atoms with Crippen molar-refractivity contribution >= 4 is 46.4 Å². The highest BCUT2D eigenvalue weighted by atomic mass is 35.5. The Morgan fingerprint density at radius 3 is 2.07 bits per heavy atom. The van der Waals surface area contributed by atoms with Crippen molar-refractivity contribution < 1.29 is 9.59 Å². The Morgan fingerprint density at radius 2 is 1.48 bits per heavy atom. The lowest BCUT2D eigenvalue weighted by atomic mass is 10.1. The van der Waals surface area contributed by atoms with Crippen molar-refractivity contribution in [2.75, 3.05) is 30.3 Å². The van der Waals surface area contributed by atoms with Crippen LogP contribution in [0.15, 0.2) is 42.5 Å². The predicted octanol–water partition coefficient (Wildman–Crippen LogP) is 4.45. The number of amides is 2. The highest BCUT2D eigenvalue weighted by Crippen LogP contribution is 2.29. The lowest BCUT2D eigenvalue weighted by Gasteiger charge is -2.20. The normalized spacial score (nSPS) is 10.7. The molecular weight excluding hydrogens is 385 g/mol. The molecule has 0 saturated carbocycles. The van der Waals surface area contributed by atoms with Gasteiger partial charge in [-0.2, -0.15) is 0 Å². The third kappa shape index (κ3) is 6.24. The molecule has 27 heavy (non-hydrogen) atoms. The molecule has 144 valence electrons. The van der Waals surface area contributed by atoms with E-state index in [2.05, 4.69) is 10.6 Å². The Balaban J connectivity index is 1.94. The van der Waals surface area contributed by atoms with Crippen molar-refractivity contribution in [2.45, 2.75) is 20.3 Å². The lowest BCUT2D eigenvalue weighted by molar-refractivity contribution is -0.119. The fraction of sp³-hybridized carbons (Fsp3) is 0.300. The minimum atomic E-state index is -0.284. The summed E-state index contributed by atoms with van der Waals surface area (Å²) in [5.74, 6) is -0.449. The summed E-state index contributed by atoms with van der Waals surface area (Å²) in [7, 11) is 0. The molecule has 0 radical (unpaired) electrons. The van der Waals surface area contributed by atoms with Crippen LogP contribution in [0.1, 0.15) is 19.4 Å². The summed E-state index contributed by atoms with van der Waals surface area (Å²) < 4.78 is 0. The number of nitrogens with one attached hydrogen (secondary N) is 2. The molecule has 0 aromatic heterocycles. The number of hydrogen-bond acceptors (Lipinski definition) is 3. The second-order valence-corrected chi connectivity index (χ2v) is 6.82. The molecule has 0 unspecified atom stereocenters. The summed E-state index contributed by atoms with van der Waals surface area (Å²) in [5, 5.41) is 6.36. The molecule has 0 fully saturated rings. The molecule has 0 saturated heterocycles. The Hall–Kier alpha value is -2.08. The minimum absolute atomic E-state index is 0.0564. The van der Waals surface area contributed by atoms with E-state index < -0.39 is 0 Å². The number of aryl methyl sites for hydroxylation is 1. The first-order valence-electron chi connectivity index (χ1n) is 8.78. The van der Waals surface area contributed by atoms with E-state index in [-0.39, 0.29) is 24.9 Å². The molecule has 0 bridgehead atoms. The van der Waals surface area contributed by atoms with Crippen LogP contribution in [0.25, 0.3) is 0 Å². The molecule has 0 aliphatic heterocycles. The van der Waals surface area contributed by atoms with Gasteiger partial charge in [-0.1, -0.05) is 61.3 Å². The van der Waals surface area contributed by atoms with Crippen molar-refractivity contribution in [3.63, 3.8) is 0 Å². The van der Waals surface area contributed by atoms with E-state index in [0.717, 1.165) is 17.7 Å². The van der Waals surface area contributed by atoms with E-state index in [9.17, 15) is 9.59 Å². The molecule has 2 rings (SSSR count). The highest BCUT2D eigenvalue weighted by molar-refractivity contribution is 6.39. The van der Waals surface area contributed by atoms with Gasteiger partial charge >= 0.3 is 0 Å². The van der Waals surface area contributed by atoms with Gasteiger partial charge in [0.1, 0.15) is 0 Å². The molecule has 7 heteroatoms. The van der Waals surface area contributed by atoms with Gasteiger partial charge in [0.25, 0.3) is 0 Å². The Bertz CT molecular complexity index is 791. The molecule has 2 aromatic rings. The van der Waals surface area contributed by atoms with Gasteiger partial charge in [-0.25, -0.2) is 0 Å². The minimum Gasteiger partial charge on any atom is -0.325 e. The molecule has 0 aliphatic carbocycles. The van der Waals surface area contributed by atoms with Crippen molar-refractivity contribution in [3.8, 4) is 0 Å². The number of rotatable bonds is 8. The summed E-state index contributed by atoms with van der Waals surface area (Å²) in [6.07, 6.45) is 0.828. The first-order chi connectivity index (χ1) is 12.9. The van der Waals surface area contributed by atoms with Gasteiger partial charge in [0.15, 0.2) is 0 Å². The largest absolute Gasteiger partial charge is 0.325 e. The lowest BCUT2D eigenvalue weighted by Crippen LogP contribution is -2.38. The van der Waals surface area contributed by atoms with E-state index in [1.54, 1.807) is 23.1 Å². The number of para-hydroxylation sites is 2. The zero-order valence-electron chi connectivity index (χ0n) is 15.4. The zero-order chi connectivity index (χ0) is 19.8. The van der Waals surface area contributed by atoms with Crippen LogP contribution in [0.5, 0.6) is 0 Å². The number of hydrogen-bond donors (Lipinski definition) is 2. The predicted molar refractivity (Wildman–Crippen MR) is 112 cm³/mol. The maximum Gasteiger partial charge on any atom is 0.238 e. The van der Waals surface area contributed by atoms with Crippen molar-refractivity contribution in [1.29, 1.82) is 0 Å². The third-order valence-corrected chi connectivity index (χ3v) is 4.71. The first-order valence-corrected chi connectivity index (χ1v) is 9.54. The maximum atomic E-state index is 12.4. The topological polar surface area (TPSA) is 61.4 Å². The molecule has 0 spiro atoms. The van der Waals surface area contributed by atoms with Crippen LogP contribution in [-0.4, -0.2) is 36.3 Å². The molecule has 0 heterocycles. The second kappa shape index (κ2) is 10.3. The summed E-state index contributed by atoms with van der Waals surface area (Å²) in [6, 6.07) is 12.7. The van der Waals surface area contributed by atoms with Gasteiger partial charge in [-0.05, 0) is 36.7 Å². The van der Waals surface area contributed by atoms with Gasteiger partial charge in [0.2, 0.25) is 11.8 Å². The molecule has 2 aromatic carbocycles. The van der Waals surface area contributed by atoms with E-state index in [4.69, 9.17) is 23.2 Å². The van der Waals surface area contributed by atoms with E-state index in [0.29, 0.717) is 22.3 Å². The molecule has 0 aliphatic rings. The van der Waals surface area contributed by atoms with Crippen LogP contribution in [-0.2, 0) is 16.0 Å². The monoisotopic (exact) mass is 407 g/mol. The van der Waals surface area contributed by atoms with Crippen LogP contribution < -0.4 is 10.6 Å². The number of benzene rings is 2.